The van der Waals surface area contributed by atoms with E-state index >= 15 is 0 Å². The number of benzene rings is 2. The number of carbonyl (C=O) groups is 1. The number of aromatic carboxylic acids is 1. The first-order valence-electron chi connectivity index (χ1n) is 11.3. The van der Waals surface area contributed by atoms with Crippen LogP contribution in [0.15, 0.2) is 42.5 Å². The number of ether oxygens (including phenoxy) is 2. The van der Waals surface area contributed by atoms with Crippen LogP contribution in [0.4, 0.5) is 0 Å². The van der Waals surface area contributed by atoms with Crippen LogP contribution in [-0.2, 0) is 4.74 Å². The van der Waals surface area contributed by atoms with Crippen LogP contribution in [0.3, 0.4) is 0 Å². The van der Waals surface area contributed by atoms with E-state index in [0.717, 1.165) is 42.1 Å². The Kier molecular flexibility index (Phi) is 5.81. The van der Waals surface area contributed by atoms with Gasteiger partial charge in [-0.15, -0.1) is 11.3 Å². The molecule has 3 heterocycles. The second kappa shape index (κ2) is 8.76. The van der Waals surface area contributed by atoms with E-state index in [4.69, 9.17) is 14.5 Å². The third kappa shape index (κ3) is 3.98. The van der Waals surface area contributed by atoms with Gasteiger partial charge in [0, 0.05) is 17.9 Å². The lowest BCUT2D eigenvalue weighted by atomic mass is 9.94. The van der Waals surface area contributed by atoms with Crippen LogP contribution < -0.4 is 4.74 Å². The number of aromatic nitrogens is 1. The summed E-state index contributed by atoms with van der Waals surface area (Å²) in [6, 6.07) is 13.8. The molecule has 0 aliphatic carbocycles. The Morgan fingerprint density at radius 3 is 2.67 bits per heavy atom. The summed E-state index contributed by atoms with van der Waals surface area (Å²) in [5, 5.41) is 11.9. The molecular formula is C27H27NO4S. The van der Waals surface area contributed by atoms with Crippen molar-refractivity contribution >= 4 is 38.3 Å². The number of pyridine rings is 1. The fourth-order valence-corrected chi connectivity index (χ4v) is 5.90. The Hall–Kier alpha value is -2.96. The van der Waals surface area contributed by atoms with E-state index in [1.54, 1.807) is 17.4 Å². The van der Waals surface area contributed by atoms with Crippen LogP contribution in [0.5, 0.6) is 5.75 Å². The number of hydrogen-bond acceptors (Lipinski definition) is 5. The molecule has 0 spiro atoms. The highest BCUT2D eigenvalue weighted by Gasteiger charge is 2.25. The van der Waals surface area contributed by atoms with Crippen molar-refractivity contribution in [3.8, 4) is 16.3 Å². The summed E-state index contributed by atoms with van der Waals surface area (Å²) in [6.07, 6.45) is 1.86. The van der Waals surface area contributed by atoms with Gasteiger partial charge in [-0.3, -0.25) is 0 Å². The van der Waals surface area contributed by atoms with Gasteiger partial charge in [-0.2, -0.15) is 0 Å². The van der Waals surface area contributed by atoms with Crippen molar-refractivity contribution in [2.45, 2.75) is 39.7 Å². The van der Waals surface area contributed by atoms with Gasteiger partial charge >= 0.3 is 5.97 Å². The SMILES string of the molecule is Cc1c(-c2cc(C(=O)O)c3c(O[C@H](C)C4CCOCC4)ccc(C)c3n2)sc2ccccc12. The van der Waals surface area contributed by atoms with Gasteiger partial charge in [-0.05, 0) is 74.2 Å². The van der Waals surface area contributed by atoms with Crippen molar-refractivity contribution in [1.29, 1.82) is 0 Å². The summed E-state index contributed by atoms with van der Waals surface area (Å²) >= 11 is 1.65. The largest absolute Gasteiger partial charge is 0.490 e. The van der Waals surface area contributed by atoms with E-state index in [0.29, 0.717) is 28.3 Å². The van der Waals surface area contributed by atoms with Crippen LogP contribution in [0, 0.1) is 19.8 Å². The number of hydrogen-bond donors (Lipinski definition) is 1. The normalized spacial score (nSPS) is 15.7. The van der Waals surface area contributed by atoms with Gasteiger partial charge < -0.3 is 14.6 Å². The Morgan fingerprint density at radius 2 is 1.94 bits per heavy atom. The van der Waals surface area contributed by atoms with Crippen molar-refractivity contribution in [1.82, 2.24) is 4.98 Å². The first-order chi connectivity index (χ1) is 15.9. The highest BCUT2D eigenvalue weighted by molar-refractivity contribution is 7.22. The molecule has 0 bridgehead atoms. The standard InChI is InChI=1S/C27H27NO4S/c1-15-8-9-22(32-17(3)18-10-12-31-13-11-18)24-20(27(29)30)14-21(28-25(15)24)26-16(2)19-6-4-5-7-23(19)33-26/h4-9,14,17-18H,10-13H2,1-3H3,(H,29,30)/t17-/m1/s1. The Bertz CT molecular complexity index is 1350. The average Bonchev–Trinajstić information content (AvgIpc) is 3.17. The van der Waals surface area contributed by atoms with Crippen LogP contribution in [0.25, 0.3) is 31.6 Å². The molecule has 2 aromatic carbocycles. The van der Waals surface area contributed by atoms with E-state index in [9.17, 15) is 9.90 Å². The molecule has 1 saturated heterocycles. The molecule has 2 aromatic heterocycles. The zero-order chi connectivity index (χ0) is 23.1. The number of carboxylic acid groups (broad SMARTS) is 1. The van der Waals surface area contributed by atoms with Gasteiger partial charge in [0.05, 0.1) is 33.1 Å². The smallest absolute Gasteiger partial charge is 0.336 e. The number of fused-ring (bicyclic) bond motifs is 2. The van der Waals surface area contributed by atoms with Crippen LogP contribution >= 0.6 is 11.3 Å². The minimum absolute atomic E-state index is 0.0361. The molecule has 0 saturated carbocycles. The van der Waals surface area contributed by atoms with E-state index in [1.807, 2.05) is 31.2 Å². The van der Waals surface area contributed by atoms with Gasteiger partial charge in [0.25, 0.3) is 0 Å². The van der Waals surface area contributed by atoms with Crippen LogP contribution in [-0.4, -0.2) is 35.4 Å². The maximum Gasteiger partial charge on any atom is 0.336 e. The Morgan fingerprint density at radius 1 is 1.18 bits per heavy atom. The summed E-state index contributed by atoms with van der Waals surface area (Å²) in [7, 11) is 0. The monoisotopic (exact) mass is 461 g/mol. The zero-order valence-corrected chi connectivity index (χ0v) is 19.9. The summed E-state index contributed by atoms with van der Waals surface area (Å²) in [4.78, 5) is 18.4. The van der Waals surface area contributed by atoms with Crippen molar-refractivity contribution in [2.75, 3.05) is 13.2 Å². The summed E-state index contributed by atoms with van der Waals surface area (Å²) < 4.78 is 13.0. The third-order valence-electron chi connectivity index (χ3n) is 6.67. The lowest BCUT2D eigenvalue weighted by Gasteiger charge is -2.28. The molecule has 1 fully saturated rings. The topological polar surface area (TPSA) is 68.7 Å². The van der Waals surface area contributed by atoms with Crippen molar-refractivity contribution in [3.63, 3.8) is 0 Å². The molecule has 1 aliphatic rings. The molecule has 1 aliphatic heterocycles. The molecule has 6 heteroatoms. The van der Waals surface area contributed by atoms with E-state index in [1.165, 1.54) is 10.1 Å². The van der Waals surface area contributed by atoms with Crippen molar-refractivity contribution < 1.29 is 19.4 Å². The van der Waals surface area contributed by atoms with Crippen LogP contribution in [0.1, 0.15) is 41.3 Å². The molecule has 0 radical (unpaired) electrons. The summed E-state index contributed by atoms with van der Waals surface area (Å²) in [5.74, 6) is -0.00694. The molecule has 5 nitrogen and oxygen atoms in total. The number of nitrogens with zero attached hydrogens (tertiary/aromatic N) is 1. The lowest BCUT2D eigenvalue weighted by molar-refractivity contribution is 0.0243. The molecule has 33 heavy (non-hydrogen) atoms. The molecule has 4 aromatic rings. The van der Waals surface area contributed by atoms with Gasteiger partial charge in [0.15, 0.2) is 0 Å². The van der Waals surface area contributed by atoms with Crippen LogP contribution in [0.2, 0.25) is 0 Å². The average molecular weight is 462 g/mol. The predicted octanol–water partition coefficient (Wildman–Crippen LogP) is 6.63. The Labute approximate surface area is 197 Å². The van der Waals surface area contributed by atoms with Gasteiger partial charge in [0.1, 0.15) is 5.75 Å². The molecule has 0 unspecified atom stereocenters. The zero-order valence-electron chi connectivity index (χ0n) is 19.1. The first kappa shape index (κ1) is 21.9. The fourth-order valence-electron chi connectivity index (χ4n) is 4.73. The van der Waals surface area contributed by atoms with Gasteiger partial charge in [0.2, 0.25) is 0 Å². The highest BCUT2D eigenvalue weighted by Crippen LogP contribution is 2.40. The molecule has 0 amide bonds. The van der Waals surface area contributed by atoms with E-state index in [-0.39, 0.29) is 11.7 Å². The third-order valence-corrected chi connectivity index (χ3v) is 7.97. The minimum Gasteiger partial charge on any atom is -0.490 e. The van der Waals surface area contributed by atoms with Crippen molar-refractivity contribution in [3.05, 3.63) is 59.2 Å². The maximum atomic E-state index is 12.4. The summed E-state index contributed by atoms with van der Waals surface area (Å²) in [5.41, 5.74) is 3.65. The molecule has 5 rings (SSSR count). The number of thiophene rings is 1. The second-order valence-electron chi connectivity index (χ2n) is 8.79. The quantitative estimate of drug-likeness (QED) is 0.361. The molecule has 170 valence electrons. The van der Waals surface area contributed by atoms with E-state index < -0.39 is 5.97 Å². The molecule has 1 atom stereocenters. The van der Waals surface area contributed by atoms with Gasteiger partial charge in [-0.1, -0.05) is 24.3 Å². The number of carboxylic acids is 1. The Balaban J connectivity index is 1.65. The minimum atomic E-state index is -0.975. The first-order valence-corrected chi connectivity index (χ1v) is 12.2. The van der Waals surface area contributed by atoms with E-state index in [2.05, 4.69) is 26.0 Å². The predicted molar refractivity (Wildman–Crippen MR) is 133 cm³/mol. The number of rotatable bonds is 5. The van der Waals surface area contributed by atoms with Gasteiger partial charge in [-0.25, -0.2) is 9.78 Å². The molecular weight excluding hydrogens is 434 g/mol. The van der Waals surface area contributed by atoms with Crippen molar-refractivity contribution in [2.24, 2.45) is 5.92 Å². The maximum absolute atomic E-state index is 12.4. The second-order valence-corrected chi connectivity index (χ2v) is 9.84. The fraction of sp³-hybridized carbons (Fsp3) is 0.333. The lowest BCUT2D eigenvalue weighted by Crippen LogP contribution is -2.29. The highest BCUT2D eigenvalue weighted by atomic mass is 32.1. The number of aryl methyl sites for hydroxylation is 2. The summed E-state index contributed by atoms with van der Waals surface area (Å²) in [6.45, 7) is 7.58. The molecule has 1 N–H and O–H groups in total.